The second kappa shape index (κ2) is 7.27. The highest BCUT2D eigenvalue weighted by molar-refractivity contribution is 7.07. The van der Waals surface area contributed by atoms with Crippen molar-refractivity contribution in [3.05, 3.63) is 70.4 Å². The van der Waals surface area contributed by atoms with Crippen LogP contribution in [0.4, 0.5) is 0 Å². The number of amides is 2. The molecule has 0 spiro atoms. The highest BCUT2D eigenvalue weighted by atomic mass is 32.1. The van der Waals surface area contributed by atoms with Gasteiger partial charge in [-0.2, -0.15) is 11.3 Å². The van der Waals surface area contributed by atoms with E-state index in [9.17, 15) is 9.59 Å². The van der Waals surface area contributed by atoms with E-state index in [2.05, 4.69) is 5.32 Å². The third-order valence-corrected chi connectivity index (χ3v) is 4.57. The Balaban J connectivity index is 1.58. The number of nitrogens with one attached hydrogen (secondary N) is 1. The molecule has 0 fully saturated rings. The first-order valence-corrected chi connectivity index (χ1v) is 8.60. The van der Waals surface area contributed by atoms with Crippen LogP contribution in [0.3, 0.4) is 0 Å². The van der Waals surface area contributed by atoms with Crippen molar-refractivity contribution < 1.29 is 9.59 Å². The molecule has 0 aliphatic heterocycles. The Morgan fingerprint density at radius 2 is 1.88 bits per heavy atom. The minimum atomic E-state index is -0.238. The summed E-state index contributed by atoms with van der Waals surface area (Å²) in [5.74, 6) is -0.353. The molecule has 3 aromatic rings. The van der Waals surface area contributed by atoms with Gasteiger partial charge in [-0.25, -0.2) is 0 Å². The average Bonchev–Trinajstić information content (AvgIpc) is 3.11. The average molecular weight is 338 g/mol. The van der Waals surface area contributed by atoms with E-state index in [0.717, 1.165) is 16.3 Å². The molecule has 0 saturated heterocycles. The number of carbonyl (C=O) groups excluding carboxylic acids is 2. The largest absolute Gasteiger partial charge is 0.343 e. The van der Waals surface area contributed by atoms with E-state index in [1.54, 1.807) is 29.4 Å². The van der Waals surface area contributed by atoms with Gasteiger partial charge in [-0.3, -0.25) is 9.59 Å². The number of hydrogen-bond donors (Lipinski definition) is 1. The normalized spacial score (nSPS) is 10.5. The van der Waals surface area contributed by atoms with Crippen molar-refractivity contribution >= 4 is 33.9 Å². The molecule has 2 amide bonds. The molecule has 3 rings (SSSR count). The predicted octanol–water partition coefficient (Wildman–Crippen LogP) is 3.29. The van der Waals surface area contributed by atoms with Crippen LogP contribution in [-0.4, -0.2) is 30.3 Å². The van der Waals surface area contributed by atoms with Crippen LogP contribution in [-0.2, 0) is 11.3 Å². The van der Waals surface area contributed by atoms with Crippen LogP contribution < -0.4 is 5.32 Å². The highest BCUT2D eigenvalue weighted by Gasteiger charge is 2.12. The summed E-state index contributed by atoms with van der Waals surface area (Å²) in [7, 11) is 1.74. The van der Waals surface area contributed by atoms with E-state index in [1.807, 2.05) is 53.2 Å². The lowest BCUT2D eigenvalue weighted by molar-refractivity contribution is -0.129. The van der Waals surface area contributed by atoms with Crippen molar-refractivity contribution in [2.24, 2.45) is 0 Å². The van der Waals surface area contributed by atoms with Gasteiger partial charge in [0.05, 0.1) is 6.54 Å². The second-order valence-corrected chi connectivity index (χ2v) is 6.41. The quantitative estimate of drug-likeness (QED) is 0.776. The van der Waals surface area contributed by atoms with Gasteiger partial charge in [-0.05, 0) is 45.3 Å². The van der Waals surface area contributed by atoms with Crippen molar-refractivity contribution in [1.82, 2.24) is 10.2 Å². The molecule has 0 atom stereocenters. The van der Waals surface area contributed by atoms with Gasteiger partial charge in [-0.1, -0.05) is 30.3 Å². The van der Waals surface area contributed by atoms with Crippen LogP contribution >= 0.6 is 11.3 Å². The molecular weight excluding hydrogens is 320 g/mol. The molecule has 122 valence electrons. The van der Waals surface area contributed by atoms with Crippen molar-refractivity contribution in [3.8, 4) is 0 Å². The molecular formula is C19H18N2O2S. The van der Waals surface area contributed by atoms with Gasteiger partial charge in [0.1, 0.15) is 0 Å². The van der Waals surface area contributed by atoms with Gasteiger partial charge >= 0.3 is 0 Å². The Hall–Kier alpha value is -2.66. The Morgan fingerprint density at radius 3 is 2.62 bits per heavy atom. The van der Waals surface area contributed by atoms with Gasteiger partial charge in [-0.15, -0.1) is 0 Å². The summed E-state index contributed by atoms with van der Waals surface area (Å²) in [6.45, 7) is 0.542. The molecule has 2 aromatic carbocycles. The first-order valence-electron chi connectivity index (χ1n) is 7.65. The molecule has 1 N–H and O–H groups in total. The molecule has 4 nitrogen and oxygen atoms in total. The van der Waals surface area contributed by atoms with Gasteiger partial charge in [0, 0.05) is 19.2 Å². The lowest BCUT2D eigenvalue weighted by Gasteiger charge is -2.16. The van der Waals surface area contributed by atoms with Crippen molar-refractivity contribution in [2.75, 3.05) is 13.6 Å². The van der Waals surface area contributed by atoms with E-state index >= 15 is 0 Å². The summed E-state index contributed by atoms with van der Waals surface area (Å²) in [6.07, 6.45) is 0. The molecule has 1 aromatic heterocycles. The van der Waals surface area contributed by atoms with E-state index in [1.165, 1.54) is 0 Å². The topological polar surface area (TPSA) is 49.4 Å². The van der Waals surface area contributed by atoms with Crippen LogP contribution in [0.25, 0.3) is 10.8 Å². The number of likely N-dealkylation sites (N-methyl/N-ethyl adjacent to an activating group) is 1. The molecule has 5 heteroatoms. The molecule has 0 unspecified atom stereocenters. The molecule has 0 bridgehead atoms. The van der Waals surface area contributed by atoms with Crippen molar-refractivity contribution in [1.29, 1.82) is 0 Å². The van der Waals surface area contributed by atoms with Crippen LogP contribution in [0.1, 0.15) is 15.9 Å². The third kappa shape index (κ3) is 3.81. The summed E-state index contributed by atoms with van der Waals surface area (Å²) < 4.78 is 0. The van der Waals surface area contributed by atoms with E-state index in [0.29, 0.717) is 12.1 Å². The van der Waals surface area contributed by atoms with E-state index in [4.69, 9.17) is 0 Å². The number of fused-ring (bicyclic) bond motifs is 1. The van der Waals surface area contributed by atoms with Crippen LogP contribution in [0, 0.1) is 0 Å². The minimum absolute atomic E-state index is 0.00764. The summed E-state index contributed by atoms with van der Waals surface area (Å²) in [5, 5.41) is 8.78. The second-order valence-electron chi connectivity index (χ2n) is 5.63. The zero-order valence-corrected chi connectivity index (χ0v) is 14.2. The molecule has 0 aliphatic carbocycles. The summed E-state index contributed by atoms with van der Waals surface area (Å²) in [5.41, 5.74) is 1.65. The molecule has 0 aliphatic rings. The summed E-state index contributed by atoms with van der Waals surface area (Å²) >= 11 is 1.60. The minimum Gasteiger partial charge on any atom is -0.343 e. The van der Waals surface area contributed by atoms with Crippen LogP contribution in [0.2, 0.25) is 0 Å². The maximum absolute atomic E-state index is 12.3. The number of thiophene rings is 1. The van der Waals surface area contributed by atoms with E-state index in [-0.39, 0.29) is 18.4 Å². The first kappa shape index (κ1) is 16.2. The SMILES string of the molecule is CN(Cc1ccsc1)C(=O)CNC(=O)c1ccc2ccccc2c1. The van der Waals surface area contributed by atoms with Gasteiger partial charge < -0.3 is 10.2 Å². The lowest BCUT2D eigenvalue weighted by atomic mass is 10.1. The Morgan fingerprint density at radius 1 is 1.08 bits per heavy atom. The fourth-order valence-corrected chi connectivity index (χ4v) is 3.13. The maximum atomic E-state index is 12.3. The van der Waals surface area contributed by atoms with Crippen molar-refractivity contribution in [2.45, 2.75) is 6.54 Å². The monoisotopic (exact) mass is 338 g/mol. The lowest BCUT2D eigenvalue weighted by Crippen LogP contribution is -2.37. The first-order chi connectivity index (χ1) is 11.6. The van der Waals surface area contributed by atoms with E-state index < -0.39 is 0 Å². The number of nitrogens with zero attached hydrogens (tertiary/aromatic N) is 1. The Labute approximate surface area is 144 Å². The number of carbonyl (C=O) groups is 2. The van der Waals surface area contributed by atoms with Crippen LogP contribution in [0.5, 0.6) is 0 Å². The predicted molar refractivity (Wildman–Crippen MR) is 97.1 cm³/mol. The van der Waals surface area contributed by atoms with Crippen molar-refractivity contribution in [3.63, 3.8) is 0 Å². The Kier molecular flexibility index (Phi) is 4.91. The standard InChI is InChI=1S/C19H18N2O2S/c1-21(12-14-8-9-24-13-14)18(22)11-20-19(23)17-7-6-15-4-2-3-5-16(15)10-17/h2-10,13H,11-12H2,1H3,(H,20,23). The molecule has 0 radical (unpaired) electrons. The smallest absolute Gasteiger partial charge is 0.251 e. The zero-order valence-electron chi connectivity index (χ0n) is 13.4. The zero-order chi connectivity index (χ0) is 16.9. The number of rotatable bonds is 5. The molecule has 24 heavy (non-hydrogen) atoms. The highest BCUT2D eigenvalue weighted by Crippen LogP contribution is 2.15. The fourth-order valence-electron chi connectivity index (χ4n) is 2.47. The Bertz CT molecular complexity index is 859. The number of hydrogen-bond acceptors (Lipinski definition) is 3. The van der Waals surface area contributed by atoms with Crippen LogP contribution in [0.15, 0.2) is 59.3 Å². The molecule has 0 saturated carbocycles. The maximum Gasteiger partial charge on any atom is 0.251 e. The third-order valence-electron chi connectivity index (χ3n) is 3.84. The summed E-state index contributed by atoms with van der Waals surface area (Å²) in [6, 6.07) is 15.4. The fraction of sp³-hybridized carbons (Fsp3) is 0.158. The van der Waals surface area contributed by atoms with Gasteiger partial charge in [0.25, 0.3) is 5.91 Å². The summed E-state index contributed by atoms with van der Waals surface area (Å²) in [4.78, 5) is 26.0. The molecule has 1 heterocycles. The van der Waals surface area contributed by atoms with Gasteiger partial charge in [0.2, 0.25) is 5.91 Å². The number of benzene rings is 2. The van der Waals surface area contributed by atoms with Gasteiger partial charge in [0.15, 0.2) is 0 Å².